The van der Waals surface area contributed by atoms with E-state index in [-0.39, 0.29) is 0 Å². The zero-order chi connectivity index (χ0) is 9.10. The van der Waals surface area contributed by atoms with E-state index in [1.54, 1.807) is 0 Å². The highest BCUT2D eigenvalue weighted by Gasteiger charge is 2.01. The van der Waals surface area contributed by atoms with E-state index in [4.69, 9.17) is 4.52 Å². The minimum atomic E-state index is 0.439. The van der Waals surface area contributed by atoms with E-state index in [0.29, 0.717) is 12.5 Å². The predicted octanol–water partition coefficient (Wildman–Crippen LogP) is 0.108. The quantitative estimate of drug-likeness (QED) is 0.696. The first-order valence-corrected chi connectivity index (χ1v) is 3.74. The van der Waals surface area contributed by atoms with Crippen LogP contribution in [0.3, 0.4) is 0 Å². The van der Waals surface area contributed by atoms with Crippen LogP contribution in [0.2, 0.25) is 0 Å². The maximum Gasteiger partial charge on any atom is 0.263 e. The predicted molar refractivity (Wildman–Crippen MR) is 42.7 cm³/mol. The number of nitrogens with one attached hydrogen (secondary N) is 2. The first-order chi connectivity index (χ1) is 6.34. The summed E-state index contributed by atoms with van der Waals surface area (Å²) in [5.41, 5.74) is 0.852. The Bertz CT molecular complexity index is 366. The highest BCUT2D eigenvalue weighted by atomic mass is 16.5. The van der Waals surface area contributed by atoms with Crippen molar-refractivity contribution in [3.05, 3.63) is 17.5 Å². The summed E-state index contributed by atoms with van der Waals surface area (Å²) in [7, 11) is 0. The van der Waals surface area contributed by atoms with E-state index in [1.807, 2.05) is 13.0 Å². The number of anilines is 1. The molecule has 0 amide bonds. The van der Waals surface area contributed by atoms with Crippen molar-refractivity contribution in [1.82, 2.24) is 25.8 Å². The maximum absolute atomic E-state index is 4.96. The second-order valence-electron chi connectivity index (χ2n) is 2.52. The minimum absolute atomic E-state index is 0.439. The van der Waals surface area contributed by atoms with Crippen LogP contribution in [-0.2, 0) is 6.54 Å². The molecule has 13 heavy (non-hydrogen) atoms. The topological polar surface area (TPSA) is 92.5 Å². The van der Waals surface area contributed by atoms with Crippen molar-refractivity contribution in [2.45, 2.75) is 13.5 Å². The zero-order valence-corrected chi connectivity index (χ0v) is 6.98. The number of aromatic nitrogens is 5. The molecule has 0 fully saturated rings. The minimum Gasteiger partial charge on any atom is -0.359 e. The Morgan fingerprint density at radius 3 is 3.15 bits per heavy atom. The lowest BCUT2D eigenvalue weighted by atomic mass is 10.4. The summed E-state index contributed by atoms with van der Waals surface area (Å²) in [4.78, 5) is 0. The number of aryl methyl sites for hydroxylation is 1. The molecule has 0 atom stereocenters. The van der Waals surface area contributed by atoms with E-state index >= 15 is 0 Å². The van der Waals surface area contributed by atoms with Crippen LogP contribution in [0.25, 0.3) is 0 Å². The monoisotopic (exact) mass is 180 g/mol. The van der Waals surface area contributed by atoms with Crippen LogP contribution >= 0.6 is 0 Å². The summed E-state index contributed by atoms with van der Waals surface area (Å²) in [6, 6.07) is 1.84. The number of nitrogens with zero attached hydrogens (tertiary/aromatic N) is 4. The fourth-order valence-electron chi connectivity index (χ4n) is 0.902. The summed E-state index contributed by atoms with van der Waals surface area (Å²) in [6.07, 6.45) is 0. The lowest BCUT2D eigenvalue weighted by Gasteiger charge is -1.93. The Morgan fingerprint density at radius 2 is 2.54 bits per heavy atom. The van der Waals surface area contributed by atoms with Crippen molar-refractivity contribution >= 4 is 5.95 Å². The van der Waals surface area contributed by atoms with Gasteiger partial charge >= 0.3 is 0 Å². The molecule has 0 bridgehead atoms. The molecule has 68 valence electrons. The average Bonchev–Trinajstić information content (AvgIpc) is 2.71. The van der Waals surface area contributed by atoms with Gasteiger partial charge in [0.1, 0.15) is 0 Å². The van der Waals surface area contributed by atoms with E-state index in [9.17, 15) is 0 Å². The summed E-state index contributed by atoms with van der Waals surface area (Å²) in [5, 5.41) is 19.8. The molecule has 0 radical (unpaired) electrons. The first kappa shape index (κ1) is 7.71. The Balaban J connectivity index is 1.93. The molecular weight excluding hydrogens is 172 g/mol. The Hall–Kier alpha value is -1.92. The largest absolute Gasteiger partial charge is 0.359 e. The fraction of sp³-hybridized carbons (Fsp3) is 0.333. The van der Waals surface area contributed by atoms with Gasteiger partial charge in [-0.15, -0.1) is 5.10 Å². The van der Waals surface area contributed by atoms with Gasteiger partial charge in [-0.2, -0.15) is 5.21 Å². The molecule has 2 heterocycles. The van der Waals surface area contributed by atoms with Crippen LogP contribution in [0.1, 0.15) is 11.5 Å². The maximum atomic E-state index is 4.96. The SMILES string of the molecule is Cc1cc(CNc2nn[nH]n2)on1. The third-order valence-electron chi connectivity index (χ3n) is 1.44. The van der Waals surface area contributed by atoms with Crippen LogP contribution in [0.15, 0.2) is 10.6 Å². The van der Waals surface area contributed by atoms with Crippen molar-refractivity contribution < 1.29 is 4.52 Å². The van der Waals surface area contributed by atoms with Crippen molar-refractivity contribution in [1.29, 1.82) is 0 Å². The molecule has 7 heteroatoms. The third-order valence-corrected chi connectivity index (χ3v) is 1.44. The highest BCUT2D eigenvalue weighted by molar-refractivity contribution is 5.20. The molecular formula is C6H8N6O. The van der Waals surface area contributed by atoms with Crippen LogP contribution < -0.4 is 5.32 Å². The highest BCUT2D eigenvalue weighted by Crippen LogP contribution is 2.03. The number of hydrogen-bond acceptors (Lipinski definition) is 6. The summed E-state index contributed by atoms with van der Waals surface area (Å²) >= 11 is 0. The first-order valence-electron chi connectivity index (χ1n) is 3.74. The number of tetrazole rings is 1. The zero-order valence-electron chi connectivity index (χ0n) is 6.98. The van der Waals surface area contributed by atoms with Crippen LogP contribution in [-0.4, -0.2) is 25.8 Å². The molecule has 0 saturated carbocycles. The average molecular weight is 180 g/mol. The van der Waals surface area contributed by atoms with Gasteiger partial charge in [0.2, 0.25) is 0 Å². The normalized spacial score (nSPS) is 10.2. The Morgan fingerprint density at radius 1 is 1.62 bits per heavy atom. The van der Waals surface area contributed by atoms with E-state index in [2.05, 4.69) is 31.1 Å². The van der Waals surface area contributed by atoms with Gasteiger partial charge in [0.15, 0.2) is 5.76 Å². The number of hydrogen-bond donors (Lipinski definition) is 2. The van der Waals surface area contributed by atoms with Gasteiger partial charge < -0.3 is 9.84 Å². The summed E-state index contributed by atoms with van der Waals surface area (Å²) in [5.74, 6) is 1.18. The van der Waals surface area contributed by atoms with Gasteiger partial charge in [-0.3, -0.25) is 0 Å². The van der Waals surface area contributed by atoms with E-state index < -0.39 is 0 Å². The standard InChI is InChI=1S/C6H8N6O/c1-4-2-5(13-10-4)3-7-6-8-11-12-9-6/h2H,3H2,1H3,(H2,7,8,9,11,12). The second-order valence-corrected chi connectivity index (χ2v) is 2.52. The molecule has 0 aliphatic rings. The molecule has 7 nitrogen and oxygen atoms in total. The van der Waals surface area contributed by atoms with Crippen molar-refractivity contribution in [2.24, 2.45) is 0 Å². The van der Waals surface area contributed by atoms with Gasteiger partial charge in [-0.05, 0) is 12.1 Å². The van der Waals surface area contributed by atoms with Crippen molar-refractivity contribution in [3.8, 4) is 0 Å². The van der Waals surface area contributed by atoms with Gasteiger partial charge in [0.25, 0.3) is 5.95 Å². The Labute approximate surface area is 73.5 Å². The third kappa shape index (κ3) is 1.81. The second kappa shape index (κ2) is 3.21. The van der Waals surface area contributed by atoms with Gasteiger partial charge in [-0.25, -0.2) is 0 Å². The fourth-order valence-corrected chi connectivity index (χ4v) is 0.902. The van der Waals surface area contributed by atoms with Crippen LogP contribution in [0, 0.1) is 6.92 Å². The van der Waals surface area contributed by atoms with Gasteiger partial charge in [0.05, 0.1) is 12.2 Å². The molecule has 0 aromatic carbocycles. The van der Waals surface area contributed by atoms with Gasteiger partial charge in [-0.1, -0.05) is 10.3 Å². The molecule has 0 spiro atoms. The van der Waals surface area contributed by atoms with Crippen LogP contribution in [0.5, 0.6) is 0 Å². The van der Waals surface area contributed by atoms with Crippen LogP contribution in [0.4, 0.5) is 5.95 Å². The van der Waals surface area contributed by atoms with Crippen molar-refractivity contribution in [2.75, 3.05) is 5.32 Å². The number of rotatable bonds is 3. The molecule has 2 rings (SSSR count). The lowest BCUT2D eigenvalue weighted by molar-refractivity contribution is 0.384. The Kier molecular flexibility index (Phi) is 1.91. The smallest absolute Gasteiger partial charge is 0.263 e. The lowest BCUT2D eigenvalue weighted by Crippen LogP contribution is -1.99. The molecule has 0 aliphatic carbocycles. The number of H-pyrrole nitrogens is 1. The number of aromatic amines is 1. The summed E-state index contributed by atoms with van der Waals surface area (Å²) < 4.78 is 4.96. The molecule has 0 unspecified atom stereocenters. The van der Waals surface area contributed by atoms with E-state index in [0.717, 1.165) is 11.5 Å². The molecule has 2 aromatic rings. The molecule has 2 aromatic heterocycles. The van der Waals surface area contributed by atoms with E-state index in [1.165, 1.54) is 0 Å². The van der Waals surface area contributed by atoms with Gasteiger partial charge in [0, 0.05) is 6.07 Å². The molecule has 0 aliphatic heterocycles. The van der Waals surface area contributed by atoms with Crippen molar-refractivity contribution in [3.63, 3.8) is 0 Å². The molecule has 2 N–H and O–H groups in total. The molecule has 0 saturated heterocycles. The summed E-state index contributed by atoms with van der Waals surface area (Å²) in [6.45, 7) is 2.36.